The molecule has 0 heterocycles. The third-order valence-corrected chi connectivity index (χ3v) is 2.52. The normalized spacial score (nSPS) is 10.1. The van der Waals surface area contributed by atoms with Gasteiger partial charge >= 0.3 is 5.69 Å². The molecule has 7 nitrogen and oxygen atoms in total. The molecule has 0 spiro atoms. The van der Waals surface area contributed by atoms with E-state index in [1.54, 1.807) is 6.92 Å². The molecule has 0 radical (unpaired) electrons. The van der Waals surface area contributed by atoms with E-state index in [0.717, 1.165) is 0 Å². The molecule has 0 atom stereocenters. The van der Waals surface area contributed by atoms with E-state index in [-0.39, 0.29) is 22.7 Å². The summed E-state index contributed by atoms with van der Waals surface area (Å²) in [6.07, 6.45) is 0.422. The zero-order valence-corrected chi connectivity index (χ0v) is 9.72. The van der Waals surface area contributed by atoms with Crippen molar-refractivity contribution in [2.45, 2.75) is 20.3 Å². The van der Waals surface area contributed by atoms with Crippen molar-refractivity contribution in [1.29, 1.82) is 0 Å². The zero-order chi connectivity index (χ0) is 13.2. The van der Waals surface area contributed by atoms with Crippen LogP contribution >= 0.6 is 0 Å². The van der Waals surface area contributed by atoms with Gasteiger partial charge in [0.25, 0.3) is 5.69 Å². The number of ether oxygens (including phenoxy) is 1. The van der Waals surface area contributed by atoms with E-state index < -0.39 is 9.85 Å². The van der Waals surface area contributed by atoms with Crippen molar-refractivity contribution >= 4 is 11.4 Å². The SMILES string of the molecule is CCc1cc([N+](=O)[O-])c(C)c([N+](=O)[O-])c1OC. The average Bonchev–Trinajstić information content (AvgIpc) is 2.26. The molecular weight excluding hydrogens is 228 g/mol. The quantitative estimate of drug-likeness (QED) is 0.594. The lowest BCUT2D eigenvalue weighted by Gasteiger charge is -2.09. The molecule has 0 unspecified atom stereocenters. The zero-order valence-electron chi connectivity index (χ0n) is 9.72. The molecule has 0 saturated carbocycles. The van der Waals surface area contributed by atoms with Gasteiger partial charge in [-0.15, -0.1) is 0 Å². The maximum absolute atomic E-state index is 10.9. The molecule has 92 valence electrons. The second-order valence-corrected chi connectivity index (χ2v) is 3.43. The Morgan fingerprint density at radius 3 is 2.24 bits per heavy atom. The molecule has 0 N–H and O–H groups in total. The van der Waals surface area contributed by atoms with Gasteiger partial charge in [-0.05, 0) is 13.3 Å². The van der Waals surface area contributed by atoms with Crippen molar-refractivity contribution in [2.24, 2.45) is 0 Å². The van der Waals surface area contributed by atoms with Crippen molar-refractivity contribution in [3.8, 4) is 5.75 Å². The van der Waals surface area contributed by atoms with Crippen LogP contribution in [0.15, 0.2) is 6.07 Å². The fourth-order valence-electron chi connectivity index (χ4n) is 1.68. The van der Waals surface area contributed by atoms with Crippen molar-refractivity contribution in [1.82, 2.24) is 0 Å². The molecule has 7 heteroatoms. The predicted octanol–water partition coefficient (Wildman–Crippen LogP) is 2.38. The van der Waals surface area contributed by atoms with Crippen LogP contribution in [0, 0.1) is 27.2 Å². The maximum atomic E-state index is 10.9. The van der Waals surface area contributed by atoms with Crippen LogP contribution in [-0.2, 0) is 6.42 Å². The van der Waals surface area contributed by atoms with E-state index in [1.165, 1.54) is 20.1 Å². The number of methoxy groups -OCH3 is 1. The van der Waals surface area contributed by atoms with E-state index in [2.05, 4.69) is 0 Å². The van der Waals surface area contributed by atoms with Crippen LogP contribution in [0.2, 0.25) is 0 Å². The first-order valence-corrected chi connectivity index (χ1v) is 4.93. The molecule has 1 aromatic carbocycles. The van der Waals surface area contributed by atoms with Gasteiger partial charge in [0.15, 0.2) is 0 Å². The van der Waals surface area contributed by atoms with Crippen LogP contribution in [0.1, 0.15) is 18.1 Å². The minimum atomic E-state index is -0.652. The highest BCUT2D eigenvalue weighted by molar-refractivity contribution is 5.64. The molecule has 0 bridgehead atoms. The summed E-state index contributed by atoms with van der Waals surface area (Å²) < 4.78 is 4.98. The van der Waals surface area contributed by atoms with Crippen molar-refractivity contribution in [3.63, 3.8) is 0 Å². The van der Waals surface area contributed by atoms with E-state index >= 15 is 0 Å². The summed E-state index contributed by atoms with van der Waals surface area (Å²) in [5.74, 6) is 0.0978. The number of rotatable bonds is 4. The molecule has 0 fully saturated rings. The number of nitro benzene ring substituents is 2. The minimum Gasteiger partial charge on any atom is -0.490 e. The van der Waals surface area contributed by atoms with Gasteiger partial charge in [0.1, 0.15) is 5.56 Å². The van der Waals surface area contributed by atoms with Crippen LogP contribution < -0.4 is 4.74 Å². The Morgan fingerprint density at radius 2 is 1.88 bits per heavy atom. The lowest BCUT2D eigenvalue weighted by atomic mass is 10.0. The van der Waals surface area contributed by atoms with E-state index in [1.807, 2.05) is 0 Å². The Balaban J connectivity index is 3.69. The summed E-state index contributed by atoms with van der Waals surface area (Å²) in [5.41, 5.74) is -0.126. The number of nitro groups is 2. The fraction of sp³-hybridized carbons (Fsp3) is 0.400. The smallest absolute Gasteiger partial charge is 0.320 e. The van der Waals surface area contributed by atoms with Crippen molar-refractivity contribution < 1.29 is 14.6 Å². The third-order valence-electron chi connectivity index (χ3n) is 2.52. The van der Waals surface area contributed by atoms with E-state index in [0.29, 0.717) is 12.0 Å². The first kappa shape index (κ1) is 12.9. The molecular formula is C10H12N2O5. The Hall–Kier alpha value is -2.18. The lowest BCUT2D eigenvalue weighted by Crippen LogP contribution is -2.03. The van der Waals surface area contributed by atoms with Gasteiger partial charge in [0.05, 0.1) is 17.0 Å². The highest BCUT2D eigenvalue weighted by Crippen LogP contribution is 2.39. The highest BCUT2D eigenvalue weighted by atomic mass is 16.6. The van der Waals surface area contributed by atoms with E-state index in [4.69, 9.17) is 4.74 Å². The topological polar surface area (TPSA) is 95.5 Å². The highest BCUT2D eigenvalue weighted by Gasteiger charge is 2.29. The van der Waals surface area contributed by atoms with Gasteiger partial charge in [0, 0.05) is 11.6 Å². The summed E-state index contributed by atoms with van der Waals surface area (Å²) in [4.78, 5) is 20.5. The first-order valence-electron chi connectivity index (χ1n) is 4.93. The predicted molar refractivity (Wildman–Crippen MR) is 60.4 cm³/mol. The number of nitrogens with zero attached hydrogens (tertiary/aromatic N) is 2. The Bertz CT molecular complexity index is 484. The number of benzene rings is 1. The molecule has 0 aliphatic heterocycles. The van der Waals surface area contributed by atoms with Gasteiger partial charge in [-0.3, -0.25) is 20.2 Å². The van der Waals surface area contributed by atoms with Gasteiger partial charge in [-0.1, -0.05) is 6.92 Å². The number of hydrogen-bond donors (Lipinski definition) is 0. The third kappa shape index (κ3) is 2.17. The number of hydrogen-bond acceptors (Lipinski definition) is 5. The summed E-state index contributed by atoms with van der Waals surface area (Å²) in [7, 11) is 1.31. The summed E-state index contributed by atoms with van der Waals surface area (Å²) >= 11 is 0. The average molecular weight is 240 g/mol. The van der Waals surface area contributed by atoms with E-state index in [9.17, 15) is 20.2 Å². The molecule has 1 rings (SSSR count). The Kier molecular flexibility index (Phi) is 3.62. The monoisotopic (exact) mass is 240 g/mol. The maximum Gasteiger partial charge on any atom is 0.320 e. The van der Waals surface area contributed by atoms with Crippen molar-refractivity contribution in [2.75, 3.05) is 7.11 Å². The second kappa shape index (κ2) is 4.77. The molecule has 0 saturated heterocycles. The van der Waals surface area contributed by atoms with Crippen molar-refractivity contribution in [3.05, 3.63) is 37.4 Å². The van der Waals surface area contributed by atoms with Crippen LogP contribution in [0.3, 0.4) is 0 Å². The molecule has 17 heavy (non-hydrogen) atoms. The first-order chi connectivity index (χ1) is 7.93. The summed E-state index contributed by atoms with van der Waals surface area (Å²) in [6, 6.07) is 1.32. The fourth-order valence-corrected chi connectivity index (χ4v) is 1.68. The lowest BCUT2D eigenvalue weighted by molar-refractivity contribution is -0.395. The van der Waals surface area contributed by atoms with Gasteiger partial charge in [0.2, 0.25) is 5.75 Å². The van der Waals surface area contributed by atoms with Crippen LogP contribution in [0.25, 0.3) is 0 Å². The van der Waals surface area contributed by atoms with Gasteiger partial charge < -0.3 is 4.74 Å². The summed E-state index contributed by atoms with van der Waals surface area (Å²) in [5, 5.41) is 21.8. The van der Waals surface area contributed by atoms with Crippen LogP contribution in [0.4, 0.5) is 11.4 Å². The molecule has 1 aromatic rings. The minimum absolute atomic E-state index is 0.00838. The second-order valence-electron chi connectivity index (χ2n) is 3.43. The Labute approximate surface area is 97.3 Å². The summed E-state index contributed by atoms with van der Waals surface area (Å²) in [6.45, 7) is 3.10. The van der Waals surface area contributed by atoms with Gasteiger partial charge in [-0.25, -0.2) is 0 Å². The standard InChI is InChI=1S/C10H12N2O5/c1-4-7-5-8(11(13)14)6(2)9(12(15)16)10(7)17-3/h5H,4H2,1-3H3. The molecule has 0 aliphatic carbocycles. The van der Waals surface area contributed by atoms with Gasteiger partial charge in [-0.2, -0.15) is 0 Å². The Morgan fingerprint density at radius 1 is 1.29 bits per heavy atom. The number of aryl methyl sites for hydroxylation is 1. The van der Waals surface area contributed by atoms with Crippen LogP contribution in [-0.4, -0.2) is 17.0 Å². The molecule has 0 amide bonds. The molecule has 0 aliphatic rings. The van der Waals surface area contributed by atoms with Crippen LogP contribution in [0.5, 0.6) is 5.75 Å². The largest absolute Gasteiger partial charge is 0.490 e. The molecule has 0 aromatic heterocycles.